The van der Waals surface area contributed by atoms with E-state index in [2.05, 4.69) is 15.9 Å². The second-order valence-electron chi connectivity index (χ2n) is 11.8. The lowest BCUT2D eigenvalue weighted by molar-refractivity contribution is -0.221. The molecule has 3 aliphatic carbocycles. The van der Waals surface area contributed by atoms with Crippen LogP contribution in [-0.4, -0.2) is 44.1 Å². The van der Waals surface area contributed by atoms with E-state index < -0.39 is 29.4 Å². The number of ether oxygens (including phenoxy) is 2. The standard InChI is InChI=1S/C25H34BrFN2O4/c1-22(2,3)32-20(30)28(15-24-12-25(27,13-24)14-24)11-18-9-16-7-8-17(26)10-19(16)29(18)21(31)33-23(4,5)6/h7-10,21,31H,11-15H2,1-6H3. The summed E-state index contributed by atoms with van der Waals surface area (Å²) in [6.07, 6.45) is -0.207. The zero-order chi connectivity index (χ0) is 24.4. The first-order valence-corrected chi connectivity index (χ1v) is 12.2. The molecule has 0 aliphatic heterocycles. The maximum Gasteiger partial charge on any atom is 0.410 e. The Morgan fingerprint density at radius 3 is 2.36 bits per heavy atom. The van der Waals surface area contributed by atoms with Crippen LogP contribution in [0, 0.1) is 5.41 Å². The van der Waals surface area contributed by atoms with Gasteiger partial charge in [0.1, 0.15) is 11.3 Å². The Labute approximate surface area is 203 Å². The first-order chi connectivity index (χ1) is 15.1. The molecule has 6 nitrogen and oxygen atoms in total. The second-order valence-corrected chi connectivity index (χ2v) is 12.7. The van der Waals surface area contributed by atoms with Gasteiger partial charge in [-0.15, -0.1) is 0 Å². The van der Waals surface area contributed by atoms with E-state index in [1.165, 1.54) is 0 Å². The number of fused-ring (bicyclic) bond motifs is 1. The van der Waals surface area contributed by atoms with Gasteiger partial charge in [0.15, 0.2) is 0 Å². The number of halogens is 2. The fraction of sp³-hybridized carbons (Fsp3) is 0.640. The van der Waals surface area contributed by atoms with E-state index in [1.807, 2.05) is 65.8 Å². The van der Waals surface area contributed by atoms with E-state index in [9.17, 15) is 14.3 Å². The molecule has 2 aromatic rings. The van der Waals surface area contributed by atoms with Crippen LogP contribution < -0.4 is 0 Å². The third-order valence-electron chi connectivity index (χ3n) is 6.17. The number of carbonyl (C=O) groups excluding carboxylic acids is 1. The van der Waals surface area contributed by atoms with E-state index in [1.54, 1.807) is 9.47 Å². The van der Waals surface area contributed by atoms with Crippen LogP contribution in [-0.2, 0) is 16.0 Å². The lowest BCUT2D eigenvalue weighted by Crippen LogP contribution is -2.68. The molecule has 5 rings (SSSR count). The van der Waals surface area contributed by atoms with Gasteiger partial charge in [-0.05, 0) is 84.4 Å². The van der Waals surface area contributed by atoms with Gasteiger partial charge >= 0.3 is 6.09 Å². The minimum atomic E-state index is -1.24. The number of alkyl halides is 1. The molecule has 1 heterocycles. The minimum Gasteiger partial charge on any atom is -0.444 e. The van der Waals surface area contributed by atoms with E-state index in [0.717, 1.165) is 15.4 Å². The maximum atomic E-state index is 14.2. The van der Waals surface area contributed by atoms with Crippen LogP contribution in [0.25, 0.3) is 10.9 Å². The van der Waals surface area contributed by atoms with Gasteiger partial charge in [0.05, 0.1) is 17.7 Å². The molecule has 3 saturated carbocycles. The van der Waals surface area contributed by atoms with Gasteiger partial charge in [-0.2, -0.15) is 0 Å². The molecule has 0 saturated heterocycles. The topological polar surface area (TPSA) is 63.9 Å². The summed E-state index contributed by atoms with van der Waals surface area (Å²) in [5.74, 6) is 0. The summed E-state index contributed by atoms with van der Waals surface area (Å²) in [5, 5.41) is 11.9. The van der Waals surface area contributed by atoms with Crippen molar-refractivity contribution in [2.75, 3.05) is 6.54 Å². The van der Waals surface area contributed by atoms with Crippen molar-refractivity contribution in [2.24, 2.45) is 5.41 Å². The molecule has 33 heavy (non-hydrogen) atoms. The van der Waals surface area contributed by atoms with Gasteiger partial charge in [-0.25, -0.2) is 9.18 Å². The molecule has 2 bridgehead atoms. The average Bonchev–Trinajstić information content (AvgIpc) is 2.92. The van der Waals surface area contributed by atoms with E-state index in [0.29, 0.717) is 31.5 Å². The summed E-state index contributed by atoms with van der Waals surface area (Å²) in [5.41, 5.74) is -0.946. The van der Waals surface area contributed by atoms with Gasteiger partial charge in [0.25, 0.3) is 0 Å². The summed E-state index contributed by atoms with van der Waals surface area (Å²) < 4.78 is 28.3. The molecule has 3 fully saturated rings. The van der Waals surface area contributed by atoms with Crippen LogP contribution in [0.3, 0.4) is 0 Å². The predicted molar refractivity (Wildman–Crippen MR) is 128 cm³/mol. The van der Waals surface area contributed by atoms with Crippen molar-refractivity contribution in [2.45, 2.75) is 90.6 Å². The zero-order valence-electron chi connectivity index (χ0n) is 20.2. The molecule has 1 amide bonds. The number of aliphatic hydroxyl groups is 1. The molecule has 1 N–H and O–H groups in total. The van der Waals surface area contributed by atoms with Gasteiger partial charge in [0.2, 0.25) is 6.41 Å². The van der Waals surface area contributed by atoms with Crippen molar-refractivity contribution in [3.63, 3.8) is 0 Å². The Hall–Kier alpha value is -1.64. The molecule has 3 aliphatic rings. The van der Waals surface area contributed by atoms with Gasteiger partial charge in [0, 0.05) is 22.1 Å². The number of hydrogen-bond donors (Lipinski definition) is 1. The van der Waals surface area contributed by atoms with E-state index in [4.69, 9.17) is 9.47 Å². The summed E-state index contributed by atoms with van der Waals surface area (Å²) >= 11 is 3.50. The SMILES string of the molecule is CC(C)(C)OC(=O)N(Cc1cc2ccc(Br)cc2n1C(O)OC(C)(C)C)CC12CC(F)(C1)C2. The molecule has 1 atom stereocenters. The third kappa shape index (κ3) is 5.23. The highest BCUT2D eigenvalue weighted by atomic mass is 79.9. The fourth-order valence-electron chi connectivity index (χ4n) is 5.14. The highest BCUT2D eigenvalue weighted by Gasteiger charge is 2.69. The molecular weight excluding hydrogens is 491 g/mol. The van der Waals surface area contributed by atoms with Crippen LogP contribution in [0.5, 0.6) is 0 Å². The largest absolute Gasteiger partial charge is 0.444 e. The molecular formula is C25H34BrFN2O4. The summed E-state index contributed by atoms with van der Waals surface area (Å²) in [6, 6.07) is 7.75. The molecule has 182 valence electrons. The number of benzene rings is 1. The van der Waals surface area contributed by atoms with Crippen LogP contribution in [0.2, 0.25) is 0 Å². The lowest BCUT2D eigenvalue weighted by Gasteiger charge is -2.66. The third-order valence-corrected chi connectivity index (χ3v) is 6.66. The van der Waals surface area contributed by atoms with Gasteiger partial charge in [-0.1, -0.05) is 22.0 Å². The quantitative estimate of drug-likeness (QED) is 0.450. The second kappa shape index (κ2) is 7.95. The van der Waals surface area contributed by atoms with Crippen molar-refractivity contribution < 1.29 is 23.8 Å². The Bertz CT molecular complexity index is 1050. The highest BCUT2D eigenvalue weighted by Crippen LogP contribution is 2.69. The van der Waals surface area contributed by atoms with Crippen LogP contribution >= 0.6 is 15.9 Å². The van der Waals surface area contributed by atoms with Crippen LogP contribution in [0.1, 0.15) is 72.9 Å². The van der Waals surface area contributed by atoms with Crippen molar-refractivity contribution in [1.29, 1.82) is 0 Å². The Balaban J connectivity index is 1.68. The number of carbonyl (C=O) groups is 1. The van der Waals surface area contributed by atoms with Crippen LogP contribution in [0.4, 0.5) is 9.18 Å². The Morgan fingerprint density at radius 2 is 1.82 bits per heavy atom. The predicted octanol–water partition coefficient (Wildman–Crippen LogP) is 6.30. The molecule has 1 unspecified atom stereocenters. The molecule has 1 aromatic heterocycles. The number of hydrogen-bond acceptors (Lipinski definition) is 4. The highest BCUT2D eigenvalue weighted by molar-refractivity contribution is 9.10. The van der Waals surface area contributed by atoms with Crippen molar-refractivity contribution in [3.05, 3.63) is 34.4 Å². The smallest absolute Gasteiger partial charge is 0.410 e. The van der Waals surface area contributed by atoms with Crippen molar-refractivity contribution >= 4 is 32.9 Å². The van der Waals surface area contributed by atoms with Crippen molar-refractivity contribution in [1.82, 2.24) is 9.47 Å². The summed E-state index contributed by atoms with van der Waals surface area (Å²) in [6.45, 7) is 11.8. The maximum absolute atomic E-state index is 14.2. The summed E-state index contributed by atoms with van der Waals surface area (Å²) in [7, 11) is 0. The molecule has 1 aromatic carbocycles. The number of aliphatic hydroxyl groups excluding tert-OH is 1. The molecule has 0 spiro atoms. The van der Waals surface area contributed by atoms with E-state index >= 15 is 0 Å². The number of rotatable bonds is 6. The van der Waals surface area contributed by atoms with Gasteiger partial charge < -0.3 is 19.5 Å². The Morgan fingerprint density at radius 1 is 1.18 bits per heavy atom. The zero-order valence-corrected chi connectivity index (χ0v) is 21.8. The van der Waals surface area contributed by atoms with Gasteiger partial charge in [-0.3, -0.25) is 4.57 Å². The average molecular weight is 525 g/mol. The van der Waals surface area contributed by atoms with E-state index in [-0.39, 0.29) is 12.0 Å². The number of aromatic nitrogens is 1. The Kier molecular flexibility index (Phi) is 5.90. The number of nitrogens with zero attached hydrogens (tertiary/aromatic N) is 2. The first kappa shape index (κ1) is 24.5. The number of amides is 1. The summed E-state index contributed by atoms with van der Waals surface area (Å²) in [4.78, 5) is 14.8. The van der Waals surface area contributed by atoms with Crippen molar-refractivity contribution in [3.8, 4) is 0 Å². The lowest BCUT2D eigenvalue weighted by atomic mass is 9.42. The fourth-order valence-corrected chi connectivity index (χ4v) is 5.49. The van der Waals surface area contributed by atoms with Crippen LogP contribution in [0.15, 0.2) is 28.7 Å². The normalized spacial score (nSPS) is 25.4. The minimum absolute atomic E-state index is 0.175. The first-order valence-electron chi connectivity index (χ1n) is 11.4. The monoisotopic (exact) mass is 524 g/mol. The molecule has 8 heteroatoms. The molecule has 0 radical (unpaired) electrons.